The summed E-state index contributed by atoms with van der Waals surface area (Å²) < 4.78 is 2.22. The molecule has 1 N–H and O–H groups in total. The molecule has 0 radical (unpaired) electrons. The van der Waals surface area contributed by atoms with Gasteiger partial charge in [-0.1, -0.05) is 18.2 Å². The minimum absolute atomic E-state index is 0.0600. The topological polar surface area (TPSA) is 58.8 Å². The Bertz CT molecular complexity index is 778. The van der Waals surface area contributed by atoms with Gasteiger partial charge >= 0.3 is 0 Å². The Kier molecular flexibility index (Phi) is 4.95. The molecule has 0 fully saturated rings. The van der Waals surface area contributed by atoms with Crippen molar-refractivity contribution in [1.82, 2.24) is 9.88 Å². The molecule has 2 heterocycles. The second kappa shape index (κ2) is 7.31. The molecular weight excluding hydrogens is 300 g/mol. The summed E-state index contributed by atoms with van der Waals surface area (Å²) in [6.07, 6.45) is 10.8. The van der Waals surface area contributed by atoms with E-state index in [1.54, 1.807) is 0 Å². The molecule has 0 bridgehead atoms. The van der Waals surface area contributed by atoms with Crippen LogP contribution in [-0.4, -0.2) is 22.7 Å². The fourth-order valence-corrected chi connectivity index (χ4v) is 2.88. The van der Waals surface area contributed by atoms with Crippen molar-refractivity contribution in [3.63, 3.8) is 0 Å². The highest BCUT2D eigenvalue weighted by atomic mass is 16.1. The third kappa shape index (κ3) is 4.02. The van der Waals surface area contributed by atoms with Crippen LogP contribution in [0.2, 0.25) is 0 Å². The molecule has 1 amide bonds. The second-order valence-corrected chi connectivity index (χ2v) is 6.16. The summed E-state index contributed by atoms with van der Waals surface area (Å²) in [5.74, 6) is 2.66. The Labute approximate surface area is 142 Å². The molecule has 0 spiro atoms. The molecule has 0 aliphatic carbocycles. The molecule has 24 heavy (non-hydrogen) atoms. The van der Waals surface area contributed by atoms with Crippen LogP contribution in [0.3, 0.4) is 0 Å². The quantitative estimate of drug-likeness (QED) is 0.557. The number of carbonyl (C=O) groups excluding carboxylic acids is 1. The number of nitrogens with one attached hydrogen (secondary N) is 1. The maximum absolute atomic E-state index is 11.9. The first-order chi connectivity index (χ1) is 11.7. The van der Waals surface area contributed by atoms with Crippen molar-refractivity contribution in [3.8, 4) is 12.3 Å². The standard InChI is InChI=1S/C19H22N4O/c1-2-3-11-19(21-22-19)12-9-18(24)20-13-6-14-23-15-10-16-7-4-5-8-17(16)23/h1,4-5,7-8,10,15H,3,6,9,11-14H2,(H,20,24). The van der Waals surface area contributed by atoms with Crippen LogP contribution in [0.4, 0.5) is 0 Å². The van der Waals surface area contributed by atoms with E-state index in [-0.39, 0.29) is 11.6 Å². The first-order valence-electron chi connectivity index (χ1n) is 8.41. The van der Waals surface area contributed by atoms with Gasteiger partial charge in [-0.15, -0.1) is 12.3 Å². The van der Waals surface area contributed by atoms with Gasteiger partial charge in [-0.05, 0) is 23.9 Å². The lowest BCUT2D eigenvalue weighted by Crippen LogP contribution is -2.26. The number of aryl methyl sites for hydroxylation is 1. The van der Waals surface area contributed by atoms with E-state index in [1.165, 1.54) is 10.9 Å². The van der Waals surface area contributed by atoms with E-state index < -0.39 is 0 Å². The molecule has 5 heteroatoms. The van der Waals surface area contributed by atoms with Gasteiger partial charge in [0.1, 0.15) is 0 Å². The largest absolute Gasteiger partial charge is 0.356 e. The molecule has 0 saturated carbocycles. The first-order valence-corrected chi connectivity index (χ1v) is 8.41. The smallest absolute Gasteiger partial charge is 0.220 e. The Morgan fingerprint density at radius 2 is 2.08 bits per heavy atom. The van der Waals surface area contributed by atoms with Gasteiger partial charge in [-0.2, -0.15) is 10.2 Å². The van der Waals surface area contributed by atoms with Gasteiger partial charge in [0.2, 0.25) is 5.91 Å². The summed E-state index contributed by atoms with van der Waals surface area (Å²) in [5, 5.41) is 12.3. The van der Waals surface area contributed by atoms with Crippen LogP contribution >= 0.6 is 0 Å². The highest BCUT2D eigenvalue weighted by Gasteiger charge is 2.39. The zero-order valence-electron chi connectivity index (χ0n) is 13.7. The van der Waals surface area contributed by atoms with Gasteiger partial charge in [-0.25, -0.2) is 0 Å². The number of rotatable bonds is 9. The Morgan fingerprint density at radius 1 is 1.25 bits per heavy atom. The summed E-state index contributed by atoms with van der Waals surface area (Å²) in [4.78, 5) is 11.9. The van der Waals surface area contributed by atoms with Gasteiger partial charge in [0.15, 0.2) is 5.66 Å². The molecular formula is C19H22N4O. The van der Waals surface area contributed by atoms with Gasteiger partial charge < -0.3 is 9.88 Å². The number of amides is 1. The Morgan fingerprint density at radius 3 is 2.88 bits per heavy atom. The van der Waals surface area contributed by atoms with Gasteiger partial charge in [-0.3, -0.25) is 4.79 Å². The van der Waals surface area contributed by atoms with E-state index in [9.17, 15) is 4.79 Å². The van der Waals surface area contributed by atoms with Crippen molar-refractivity contribution in [3.05, 3.63) is 36.5 Å². The normalized spacial score (nSPS) is 14.5. The average Bonchev–Trinajstić information content (AvgIpc) is 3.27. The molecule has 1 aliphatic heterocycles. The molecule has 0 atom stereocenters. The summed E-state index contributed by atoms with van der Waals surface area (Å²) in [6.45, 7) is 1.57. The maximum atomic E-state index is 11.9. The number of carbonyl (C=O) groups is 1. The van der Waals surface area contributed by atoms with Crippen molar-refractivity contribution in [1.29, 1.82) is 0 Å². The number of para-hydroxylation sites is 1. The highest BCUT2D eigenvalue weighted by molar-refractivity contribution is 5.79. The lowest BCUT2D eigenvalue weighted by Gasteiger charge is -2.10. The molecule has 124 valence electrons. The molecule has 0 unspecified atom stereocenters. The Balaban J connectivity index is 1.35. The third-order valence-corrected chi connectivity index (χ3v) is 4.38. The van der Waals surface area contributed by atoms with E-state index in [4.69, 9.17) is 6.42 Å². The summed E-state index contributed by atoms with van der Waals surface area (Å²) in [5.41, 5.74) is 0.865. The molecule has 1 aromatic heterocycles. The molecule has 1 aromatic carbocycles. The van der Waals surface area contributed by atoms with Crippen molar-refractivity contribution in [2.45, 2.75) is 44.3 Å². The zero-order chi connectivity index (χ0) is 16.8. The number of terminal acetylenes is 1. The van der Waals surface area contributed by atoms with Crippen LogP contribution in [-0.2, 0) is 11.3 Å². The fourth-order valence-electron chi connectivity index (χ4n) is 2.88. The first kappa shape index (κ1) is 16.3. The molecule has 0 saturated heterocycles. The molecule has 1 aliphatic rings. The number of aromatic nitrogens is 1. The molecule has 3 rings (SSSR count). The van der Waals surface area contributed by atoms with E-state index >= 15 is 0 Å². The lowest BCUT2D eigenvalue weighted by molar-refractivity contribution is -0.121. The summed E-state index contributed by atoms with van der Waals surface area (Å²) >= 11 is 0. The number of nitrogens with zero attached hydrogens (tertiary/aromatic N) is 3. The van der Waals surface area contributed by atoms with Crippen molar-refractivity contribution < 1.29 is 4.79 Å². The zero-order valence-corrected chi connectivity index (χ0v) is 13.7. The third-order valence-electron chi connectivity index (χ3n) is 4.38. The second-order valence-electron chi connectivity index (χ2n) is 6.16. The highest BCUT2D eigenvalue weighted by Crippen LogP contribution is 2.37. The predicted octanol–water partition coefficient (Wildman–Crippen LogP) is 3.50. The number of hydrogen-bond acceptors (Lipinski definition) is 3. The number of fused-ring (bicyclic) bond motifs is 1. The summed E-state index contributed by atoms with van der Waals surface area (Å²) in [7, 11) is 0. The van der Waals surface area contributed by atoms with Gasteiger partial charge in [0.25, 0.3) is 0 Å². The SMILES string of the molecule is C#CCCC1(CCC(=O)NCCCn2ccc3ccccc32)N=N1. The van der Waals surface area contributed by atoms with E-state index in [0.29, 0.717) is 25.8 Å². The molecule has 5 nitrogen and oxygen atoms in total. The summed E-state index contributed by atoms with van der Waals surface area (Å²) in [6, 6.07) is 10.4. The minimum atomic E-state index is -0.367. The monoisotopic (exact) mass is 322 g/mol. The van der Waals surface area contributed by atoms with Crippen LogP contribution in [0.15, 0.2) is 46.8 Å². The fraction of sp³-hybridized carbons (Fsp3) is 0.421. The lowest BCUT2D eigenvalue weighted by atomic mass is 10.0. The van der Waals surface area contributed by atoms with Crippen molar-refractivity contribution in [2.24, 2.45) is 10.2 Å². The Hall–Kier alpha value is -2.61. The van der Waals surface area contributed by atoms with Crippen molar-refractivity contribution in [2.75, 3.05) is 6.54 Å². The van der Waals surface area contributed by atoms with Crippen molar-refractivity contribution >= 4 is 16.8 Å². The van der Waals surface area contributed by atoms with Gasteiger partial charge in [0.05, 0.1) is 0 Å². The average molecular weight is 322 g/mol. The number of hydrogen-bond donors (Lipinski definition) is 1. The van der Waals surface area contributed by atoms with Crippen LogP contribution in [0.1, 0.15) is 32.1 Å². The predicted molar refractivity (Wildman–Crippen MR) is 94.5 cm³/mol. The van der Waals surface area contributed by atoms with Crippen LogP contribution in [0.5, 0.6) is 0 Å². The van der Waals surface area contributed by atoms with Crippen LogP contribution in [0, 0.1) is 12.3 Å². The van der Waals surface area contributed by atoms with E-state index in [2.05, 4.69) is 50.4 Å². The maximum Gasteiger partial charge on any atom is 0.220 e. The number of benzene rings is 1. The van der Waals surface area contributed by atoms with Crippen LogP contribution < -0.4 is 5.32 Å². The van der Waals surface area contributed by atoms with Crippen LogP contribution in [0.25, 0.3) is 10.9 Å². The minimum Gasteiger partial charge on any atom is -0.356 e. The van der Waals surface area contributed by atoms with E-state index in [1.807, 2.05) is 12.1 Å². The molecule has 2 aromatic rings. The van der Waals surface area contributed by atoms with Gasteiger partial charge in [0, 0.05) is 50.5 Å². The van der Waals surface area contributed by atoms with E-state index in [0.717, 1.165) is 19.4 Å².